The van der Waals surface area contributed by atoms with E-state index >= 15 is 0 Å². The summed E-state index contributed by atoms with van der Waals surface area (Å²) in [6.45, 7) is 8.77. The number of rotatable bonds is 9. The zero-order valence-corrected chi connectivity index (χ0v) is 21.1. The summed E-state index contributed by atoms with van der Waals surface area (Å²) in [5.74, 6) is -0.455. The third-order valence-electron chi connectivity index (χ3n) is 6.80. The Bertz CT molecular complexity index is 942. The van der Waals surface area contributed by atoms with Crippen molar-refractivity contribution < 1.29 is 14.0 Å². The van der Waals surface area contributed by atoms with Gasteiger partial charge in [-0.05, 0) is 59.9 Å². The van der Waals surface area contributed by atoms with E-state index in [0.717, 1.165) is 36.8 Å². The fourth-order valence-electron chi connectivity index (χ4n) is 4.64. The van der Waals surface area contributed by atoms with Crippen LogP contribution in [0.15, 0.2) is 48.5 Å². The zero-order chi connectivity index (χ0) is 24.7. The van der Waals surface area contributed by atoms with E-state index in [2.05, 4.69) is 50.4 Å². The number of carbonyl (C=O) groups is 2. The molecular weight excluding hydrogens is 427 g/mol. The predicted molar refractivity (Wildman–Crippen MR) is 135 cm³/mol. The van der Waals surface area contributed by atoms with Crippen LogP contribution in [0.4, 0.5) is 4.39 Å². The number of aryl methyl sites for hydroxylation is 1. The van der Waals surface area contributed by atoms with Gasteiger partial charge < -0.3 is 10.2 Å². The maximum atomic E-state index is 13.4. The van der Waals surface area contributed by atoms with Crippen molar-refractivity contribution in [2.45, 2.75) is 96.7 Å². The molecule has 2 aromatic carbocycles. The summed E-state index contributed by atoms with van der Waals surface area (Å²) in [6.07, 6.45) is 5.73. The lowest BCUT2D eigenvalue weighted by Crippen LogP contribution is -2.51. The number of benzene rings is 2. The van der Waals surface area contributed by atoms with Gasteiger partial charge in [0.1, 0.15) is 11.9 Å². The second kappa shape index (κ2) is 11.6. The molecule has 0 saturated heterocycles. The van der Waals surface area contributed by atoms with Gasteiger partial charge in [-0.25, -0.2) is 4.39 Å². The van der Waals surface area contributed by atoms with Crippen LogP contribution in [0, 0.1) is 5.82 Å². The highest BCUT2D eigenvalue weighted by Gasteiger charge is 2.30. The molecule has 34 heavy (non-hydrogen) atoms. The quantitative estimate of drug-likeness (QED) is 0.499. The molecule has 0 aromatic heterocycles. The summed E-state index contributed by atoms with van der Waals surface area (Å²) in [4.78, 5) is 28.3. The maximum Gasteiger partial charge on any atom is 0.243 e. The topological polar surface area (TPSA) is 49.4 Å². The molecule has 1 atom stereocenters. The van der Waals surface area contributed by atoms with Crippen LogP contribution >= 0.6 is 0 Å². The van der Waals surface area contributed by atoms with E-state index < -0.39 is 6.04 Å². The summed E-state index contributed by atoms with van der Waals surface area (Å²) in [5.41, 5.74) is 3.26. The number of nitrogens with one attached hydrogen (secondary N) is 1. The van der Waals surface area contributed by atoms with E-state index in [1.807, 2.05) is 6.92 Å². The molecule has 0 spiro atoms. The standard InChI is InChI=1S/C29H39FN2O2/c1-5-26(28(34)31-25-8-6-7-9-25)32(20-22-12-17-24(30)18-13-22)27(33)19-14-21-10-15-23(16-11-21)29(2,3)4/h10-13,15-18,25-26H,5-9,14,19-20H2,1-4H3,(H,31,34)/t26-/m0/s1. The average Bonchev–Trinajstić information content (AvgIpc) is 3.31. The summed E-state index contributed by atoms with van der Waals surface area (Å²) in [7, 11) is 0. The Hall–Kier alpha value is -2.69. The fourth-order valence-corrected chi connectivity index (χ4v) is 4.64. The van der Waals surface area contributed by atoms with Crippen LogP contribution in [0.2, 0.25) is 0 Å². The monoisotopic (exact) mass is 466 g/mol. The highest BCUT2D eigenvalue weighted by molar-refractivity contribution is 5.88. The van der Waals surface area contributed by atoms with Gasteiger partial charge in [0.2, 0.25) is 11.8 Å². The van der Waals surface area contributed by atoms with Gasteiger partial charge >= 0.3 is 0 Å². The van der Waals surface area contributed by atoms with Crippen molar-refractivity contribution in [2.24, 2.45) is 0 Å². The maximum absolute atomic E-state index is 13.4. The van der Waals surface area contributed by atoms with Gasteiger partial charge in [-0.1, -0.05) is 76.9 Å². The first-order valence-corrected chi connectivity index (χ1v) is 12.6. The van der Waals surface area contributed by atoms with Gasteiger partial charge in [0.25, 0.3) is 0 Å². The lowest BCUT2D eigenvalue weighted by atomic mass is 9.86. The number of halogens is 1. The predicted octanol–water partition coefficient (Wildman–Crippen LogP) is 5.92. The molecule has 5 heteroatoms. The van der Waals surface area contributed by atoms with Crippen molar-refractivity contribution in [2.75, 3.05) is 0 Å². The molecule has 2 amide bonds. The third-order valence-corrected chi connectivity index (χ3v) is 6.80. The minimum Gasteiger partial charge on any atom is -0.352 e. The lowest BCUT2D eigenvalue weighted by Gasteiger charge is -2.31. The lowest BCUT2D eigenvalue weighted by molar-refractivity contribution is -0.141. The van der Waals surface area contributed by atoms with E-state index in [9.17, 15) is 14.0 Å². The molecule has 1 saturated carbocycles. The van der Waals surface area contributed by atoms with Crippen molar-refractivity contribution in [3.63, 3.8) is 0 Å². The van der Waals surface area contributed by atoms with E-state index in [4.69, 9.17) is 0 Å². The average molecular weight is 467 g/mol. The molecule has 0 bridgehead atoms. The van der Waals surface area contributed by atoms with Crippen LogP contribution in [-0.2, 0) is 28.0 Å². The second-order valence-electron chi connectivity index (χ2n) is 10.5. The summed E-state index contributed by atoms with van der Waals surface area (Å²) < 4.78 is 13.4. The molecule has 0 radical (unpaired) electrons. The van der Waals surface area contributed by atoms with E-state index in [1.165, 1.54) is 17.7 Å². The highest BCUT2D eigenvalue weighted by Crippen LogP contribution is 2.23. The van der Waals surface area contributed by atoms with Gasteiger partial charge in [-0.15, -0.1) is 0 Å². The molecule has 184 valence electrons. The van der Waals surface area contributed by atoms with Crippen molar-refractivity contribution in [3.05, 3.63) is 71.0 Å². The SMILES string of the molecule is CC[C@@H](C(=O)NC1CCCC1)N(Cc1ccc(F)cc1)C(=O)CCc1ccc(C(C)(C)C)cc1. The number of carbonyl (C=O) groups excluding carboxylic acids is 2. The molecule has 2 aromatic rings. The van der Waals surface area contributed by atoms with Gasteiger partial charge in [0.05, 0.1) is 0 Å². The zero-order valence-electron chi connectivity index (χ0n) is 21.1. The summed E-state index contributed by atoms with van der Waals surface area (Å²) >= 11 is 0. The van der Waals surface area contributed by atoms with Crippen molar-refractivity contribution in [1.29, 1.82) is 0 Å². The third kappa shape index (κ3) is 7.15. The first-order chi connectivity index (χ1) is 16.2. The van der Waals surface area contributed by atoms with Crippen molar-refractivity contribution in [3.8, 4) is 0 Å². The molecule has 1 fully saturated rings. The van der Waals surface area contributed by atoms with Gasteiger partial charge in [-0.3, -0.25) is 9.59 Å². The first-order valence-electron chi connectivity index (χ1n) is 12.6. The van der Waals surface area contributed by atoms with Crippen LogP contribution in [0.3, 0.4) is 0 Å². The van der Waals surface area contributed by atoms with E-state index in [-0.39, 0.29) is 29.1 Å². The van der Waals surface area contributed by atoms with Gasteiger partial charge in [0, 0.05) is 19.0 Å². The van der Waals surface area contributed by atoms with Crippen LogP contribution < -0.4 is 5.32 Å². The van der Waals surface area contributed by atoms with Crippen molar-refractivity contribution in [1.82, 2.24) is 10.2 Å². The van der Waals surface area contributed by atoms with E-state index in [0.29, 0.717) is 25.8 Å². The smallest absolute Gasteiger partial charge is 0.243 e. The van der Waals surface area contributed by atoms with Crippen LogP contribution in [-0.4, -0.2) is 28.8 Å². The Kier molecular flexibility index (Phi) is 8.87. The summed E-state index contributed by atoms with van der Waals surface area (Å²) in [5, 5.41) is 3.16. The normalized spacial score (nSPS) is 15.2. The molecule has 0 unspecified atom stereocenters. The molecule has 3 rings (SSSR count). The molecular formula is C29H39FN2O2. The van der Waals surface area contributed by atoms with Crippen LogP contribution in [0.1, 0.15) is 82.9 Å². The second-order valence-corrected chi connectivity index (χ2v) is 10.5. The Balaban J connectivity index is 1.73. The highest BCUT2D eigenvalue weighted by atomic mass is 19.1. The number of nitrogens with zero attached hydrogens (tertiary/aromatic N) is 1. The first kappa shape index (κ1) is 25.9. The number of hydrogen-bond acceptors (Lipinski definition) is 2. The van der Waals surface area contributed by atoms with Gasteiger partial charge in [-0.2, -0.15) is 0 Å². The Morgan fingerprint density at radius 3 is 2.15 bits per heavy atom. The van der Waals surface area contributed by atoms with Crippen molar-refractivity contribution >= 4 is 11.8 Å². The minimum absolute atomic E-state index is 0.0577. The van der Waals surface area contributed by atoms with Crippen LogP contribution in [0.5, 0.6) is 0 Å². The Morgan fingerprint density at radius 2 is 1.59 bits per heavy atom. The Labute approximate surface area is 203 Å². The summed E-state index contributed by atoms with van der Waals surface area (Å²) in [6, 6.07) is 14.2. The van der Waals surface area contributed by atoms with Crippen LogP contribution in [0.25, 0.3) is 0 Å². The van der Waals surface area contributed by atoms with Gasteiger partial charge in [0.15, 0.2) is 0 Å². The minimum atomic E-state index is -0.540. The number of hydrogen-bond donors (Lipinski definition) is 1. The molecule has 1 aliphatic rings. The largest absolute Gasteiger partial charge is 0.352 e. The van der Waals surface area contributed by atoms with E-state index in [1.54, 1.807) is 17.0 Å². The molecule has 1 aliphatic carbocycles. The molecule has 0 heterocycles. The Morgan fingerprint density at radius 1 is 1.00 bits per heavy atom. The fraction of sp³-hybridized carbons (Fsp3) is 0.517. The molecule has 0 aliphatic heterocycles. The molecule has 1 N–H and O–H groups in total. The molecule has 4 nitrogen and oxygen atoms in total. The number of amides is 2.